The summed E-state index contributed by atoms with van der Waals surface area (Å²) in [7, 11) is 2.95. The van der Waals surface area contributed by atoms with Gasteiger partial charge in [-0.1, -0.05) is 12.1 Å². The number of methoxy groups -OCH3 is 2. The minimum absolute atomic E-state index is 0.153. The summed E-state index contributed by atoms with van der Waals surface area (Å²) in [5, 5.41) is 19.4. The lowest BCUT2D eigenvalue weighted by Gasteiger charge is -2.15. The molecule has 0 heterocycles. The highest BCUT2D eigenvalue weighted by Crippen LogP contribution is 2.38. The summed E-state index contributed by atoms with van der Waals surface area (Å²) in [5.74, 6) is 0.621. The first-order chi connectivity index (χ1) is 11.0. The minimum atomic E-state index is -0.210. The number of rotatable bonds is 6. The van der Waals surface area contributed by atoms with E-state index < -0.39 is 0 Å². The molecule has 2 N–H and O–H groups in total. The second-order valence-corrected chi connectivity index (χ2v) is 5.22. The third-order valence-corrected chi connectivity index (χ3v) is 3.74. The minimum Gasteiger partial charge on any atom is -0.508 e. The number of benzene rings is 2. The highest BCUT2D eigenvalue weighted by molar-refractivity contribution is 6.02. The number of carbonyl (C=O) groups is 1. The topological polar surface area (TPSA) is 76.0 Å². The van der Waals surface area contributed by atoms with E-state index in [0.717, 1.165) is 5.56 Å². The van der Waals surface area contributed by atoms with Gasteiger partial charge >= 0.3 is 0 Å². The van der Waals surface area contributed by atoms with Gasteiger partial charge in [-0.15, -0.1) is 0 Å². The summed E-state index contributed by atoms with van der Waals surface area (Å²) in [4.78, 5) is 12.5. The number of carbonyl (C=O) groups excluding carboxylic acids is 1. The normalized spacial score (nSPS) is 10.4. The van der Waals surface area contributed by atoms with Crippen LogP contribution < -0.4 is 9.47 Å². The van der Waals surface area contributed by atoms with E-state index in [2.05, 4.69) is 0 Å². The number of ether oxygens (including phenoxy) is 2. The summed E-state index contributed by atoms with van der Waals surface area (Å²) in [6, 6.07) is 8.11. The van der Waals surface area contributed by atoms with E-state index in [4.69, 9.17) is 9.47 Å². The first-order valence-corrected chi connectivity index (χ1v) is 7.23. The molecule has 0 aliphatic carbocycles. The maximum atomic E-state index is 12.5. The van der Waals surface area contributed by atoms with Crippen LogP contribution in [0, 0.1) is 6.92 Å². The van der Waals surface area contributed by atoms with Crippen LogP contribution in [-0.2, 0) is 6.42 Å². The fraction of sp³-hybridized carbons (Fsp3) is 0.278. The Kier molecular flexibility index (Phi) is 5.11. The maximum absolute atomic E-state index is 12.5. The monoisotopic (exact) mass is 316 g/mol. The van der Waals surface area contributed by atoms with Crippen molar-refractivity contribution < 1.29 is 24.5 Å². The first-order valence-electron chi connectivity index (χ1n) is 7.23. The Morgan fingerprint density at radius 3 is 2.30 bits per heavy atom. The number of Topliss-reactive ketones (excluding diaryl/α,β-unsaturated/α-hetero) is 1. The standard InChI is InChI=1S/C18H20O5/c1-11-16(22-2)10-15(21)17(18(11)23-3)14(20)9-6-12-4-7-13(19)8-5-12/h4-5,7-8,10,19,21H,6,9H2,1-3H3. The first kappa shape index (κ1) is 16.7. The summed E-state index contributed by atoms with van der Waals surface area (Å²) in [6.45, 7) is 1.77. The van der Waals surface area contributed by atoms with Crippen molar-refractivity contribution in [3.05, 3.63) is 47.0 Å². The van der Waals surface area contributed by atoms with Crippen molar-refractivity contribution in [1.82, 2.24) is 0 Å². The molecule has 0 fully saturated rings. The molecule has 0 atom stereocenters. The van der Waals surface area contributed by atoms with Crippen LogP contribution in [0.2, 0.25) is 0 Å². The quantitative estimate of drug-likeness (QED) is 0.800. The molecular weight excluding hydrogens is 296 g/mol. The number of aromatic hydroxyl groups is 2. The molecule has 122 valence electrons. The highest BCUT2D eigenvalue weighted by atomic mass is 16.5. The van der Waals surface area contributed by atoms with Gasteiger partial charge in [0.05, 0.1) is 14.2 Å². The third-order valence-electron chi connectivity index (χ3n) is 3.74. The van der Waals surface area contributed by atoms with Crippen molar-refractivity contribution in [3.63, 3.8) is 0 Å². The molecule has 0 unspecified atom stereocenters. The van der Waals surface area contributed by atoms with E-state index >= 15 is 0 Å². The second kappa shape index (κ2) is 7.05. The average Bonchev–Trinajstić information content (AvgIpc) is 2.55. The van der Waals surface area contributed by atoms with Crippen LogP contribution in [0.1, 0.15) is 27.9 Å². The predicted molar refractivity (Wildman–Crippen MR) is 86.7 cm³/mol. The Bertz CT molecular complexity index is 704. The molecule has 0 bridgehead atoms. The van der Waals surface area contributed by atoms with Crippen LogP contribution in [0.3, 0.4) is 0 Å². The Balaban J connectivity index is 2.25. The van der Waals surface area contributed by atoms with Gasteiger partial charge in [0, 0.05) is 18.1 Å². The van der Waals surface area contributed by atoms with Crippen LogP contribution in [0.5, 0.6) is 23.0 Å². The molecule has 2 rings (SSSR count). The molecule has 0 amide bonds. The zero-order valence-corrected chi connectivity index (χ0v) is 13.4. The number of ketones is 1. The van der Waals surface area contributed by atoms with E-state index in [-0.39, 0.29) is 29.3 Å². The number of hydrogen-bond donors (Lipinski definition) is 2. The zero-order valence-electron chi connectivity index (χ0n) is 13.4. The molecule has 0 saturated carbocycles. The molecule has 23 heavy (non-hydrogen) atoms. The number of phenols is 2. The molecule has 0 aromatic heterocycles. The molecule has 0 aliphatic heterocycles. The van der Waals surface area contributed by atoms with Gasteiger partial charge in [0.2, 0.25) is 0 Å². The Morgan fingerprint density at radius 2 is 1.74 bits per heavy atom. The van der Waals surface area contributed by atoms with Gasteiger partial charge in [0.15, 0.2) is 5.78 Å². The zero-order chi connectivity index (χ0) is 17.0. The lowest BCUT2D eigenvalue weighted by atomic mass is 9.98. The Labute approximate surface area is 135 Å². The summed E-state index contributed by atoms with van der Waals surface area (Å²) in [6.07, 6.45) is 0.729. The summed E-state index contributed by atoms with van der Waals surface area (Å²) in [5.41, 5.74) is 1.77. The van der Waals surface area contributed by atoms with Crippen molar-refractivity contribution in [2.45, 2.75) is 19.8 Å². The van der Waals surface area contributed by atoms with Crippen molar-refractivity contribution >= 4 is 5.78 Å². The van der Waals surface area contributed by atoms with Gasteiger partial charge < -0.3 is 19.7 Å². The fourth-order valence-electron chi connectivity index (χ4n) is 2.50. The van der Waals surface area contributed by atoms with Gasteiger partial charge in [-0.25, -0.2) is 0 Å². The van der Waals surface area contributed by atoms with Gasteiger partial charge in [-0.05, 0) is 31.0 Å². The van der Waals surface area contributed by atoms with Crippen LogP contribution >= 0.6 is 0 Å². The van der Waals surface area contributed by atoms with Crippen LogP contribution in [0.25, 0.3) is 0 Å². The largest absolute Gasteiger partial charge is 0.508 e. The Hall–Kier alpha value is -2.69. The van der Waals surface area contributed by atoms with Crippen LogP contribution in [0.4, 0.5) is 0 Å². The van der Waals surface area contributed by atoms with Crippen LogP contribution in [-0.4, -0.2) is 30.2 Å². The molecule has 0 saturated heterocycles. The SMILES string of the molecule is COc1cc(O)c(C(=O)CCc2ccc(O)cc2)c(OC)c1C. The number of hydrogen-bond acceptors (Lipinski definition) is 5. The third kappa shape index (κ3) is 3.56. The molecule has 0 spiro atoms. The van der Waals surface area contributed by atoms with Gasteiger partial charge in [-0.3, -0.25) is 4.79 Å². The Morgan fingerprint density at radius 1 is 1.09 bits per heavy atom. The number of aryl methyl sites for hydroxylation is 1. The van der Waals surface area contributed by atoms with Crippen molar-refractivity contribution in [2.75, 3.05) is 14.2 Å². The second-order valence-electron chi connectivity index (χ2n) is 5.22. The van der Waals surface area contributed by atoms with E-state index in [0.29, 0.717) is 23.5 Å². The smallest absolute Gasteiger partial charge is 0.170 e. The van der Waals surface area contributed by atoms with Crippen molar-refractivity contribution in [2.24, 2.45) is 0 Å². The lowest BCUT2D eigenvalue weighted by molar-refractivity contribution is 0.0977. The van der Waals surface area contributed by atoms with E-state index in [1.54, 1.807) is 31.2 Å². The molecular formula is C18H20O5. The molecule has 5 heteroatoms. The van der Waals surface area contributed by atoms with Crippen molar-refractivity contribution in [1.29, 1.82) is 0 Å². The lowest BCUT2D eigenvalue weighted by Crippen LogP contribution is -2.06. The summed E-state index contributed by atoms with van der Waals surface area (Å²) < 4.78 is 10.5. The molecule has 0 radical (unpaired) electrons. The van der Waals surface area contributed by atoms with E-state index in [1.165, 1.54) is 20.3 Å². The van der Waals surface area contributed by atoms with Gasteiger partial charge in [0.1, 0.15) is 28.6 Å². The summed E-state index contributed by atoms with van der Waals surface area (Å²) >= 11 is 0. The molecule has 2 aromatic rings. The van der Waals surface area contributed by atoms with E-state index in [1.807, 2.05) is 0 Å². The maximum Gasteiger partial charge on any atom is 0.170 e. The average molecular weight is 316 g/mol. The molecule has 0 aliphatic rings. The van der Waals surface area contributed by atoms with E-state index in [9.17, 15) is 15.0 Å². The number of phenolic OH excluding ortho intramolecular Hbond substituents is 2. The van der Waals surface area contributed by atoms with Gasteiger partial charge in [-0.2, -0.15) is 0 Å². The molecule has 5 nitrogen and oxygen atoms in total. The van der Waals surface area contributed by atoms with Crippen molar-refractivity contribution in [3.8, 4) is 23.0 Å². The highest BCUT2D eigenvalue weighted by Gasteiger charge is 2.22. The fourth-order valence-corrected chi connectivity index (χ4v) is 2.50. The van der Waals surface area contributed by atoms with Gasteiger partial charge in [0.25, 0.3) is 0 Å². The van der Waals surface area contributed by atoms with Crippen LogP contribution in [0.15, 0.2) is 30.3 Å². The predicted octanol–water partition coefficient (Wildman–Crippen LogP) is 3.24. The molecule has 2 aromatic carbocycles.